The summed E-state index contributed by atoms with van der Waals surface area (Å²) in [6.07, 6.45) is 2.19. The number of nitrogens with zero attached hydrogens (tertiary/aromatic N) is 3. The Morgan fingerprint density at radius 1 is 1.07 bits per heavy atom. The number of unbranched alkanes of at least 4 members (excludes halogenated alkanes) is 1. The maximum Gasteiger partial charge on any atom is 0.193 e. The summed E-state index contributed by atoms with van der Waals surface area (Å²) in [6, 6.07) is 16.4. The third-order valence-corrected chi connectivity index (χ3v) is 5.27. The number of aryl methyl sites for hydroxylation is 1. The molecule has 1 fully saturated rings. The van der Waals surface area contributed by atoms with Crippen molar-refractivity contribution in [2.24, 2.45) is 10.7 Å². The van der Waals surface area contributed by atoms with Gasteiger partial charge in [0.25, 0.3) is 0 Å². The molecule has 0 spiro atoms. The van der Waals surface area contributed by atoms with Crippen LogP contribution in [0.15, 0.2) is 53.5 Å². The lowest BCUT2D eigenvalue weighted by atomic mass is 10.2. The fourth-order valence-corrected chi connectivity index (χ4v) is 3.56. The van der Waals surface area contributed by atoms with Gasteiger partial charge < -0.3 is 20.7 Å². The van der Waals surface area contributed by atoms with Crippen LogP contribution in [-0.4, -0.2) is 57.2 Å². The highest BCUT2D eigenvalue weighted by atomic mass is 127. The predicted molar refractivity (Wildman–Crippen MR) is 138 cm³/mol. The van der Waals surface area contributed by atoms with Gasteiger partial charge in [-0.3, -0.25) is 9.89 Å². The van der Waals surface area contributed by atoms with Crippen molar-refractivity contribution in [3.8, 4) is 5.75 Å². The molecule has 1 heterocycles. The molecule has 0 radical (unpaired) electrons. The number of hydrogen-bond donors (Lipinski definition) is 2. The van der Waals surface area contributed by atoms with Gasteiger partial charge in [-0.25, -0.2) is 0 Å². The van der Waals surface area contributed by atoms with Gasteiger partial charge in [-0.2, -0.15) is 0 Å². The van der Waals surface area contributed by atoms with E-state index in [0.29, 0.717) is 5.96 Å². The number of rotatable bonds is 8. The molecular formula is C23H34IN5O. The summed E-state index contributed by atoms with van der Waals surface area (Å²) in [5, 5.41) is 3.11. The smallest absolute Gasteiger partial charge is 0.193 e. The Hall–Kier alpha value is -2.00. The molecule has 3 N–H and O–H groups in total. The molecule has 6 nitrogen and oxygen atoms in total. The number of methoxy groups -OCH3 is 1. The number of halogens is 1. The number of ether oxygens (including phenoxy) is 1. The summed E-state index contributed by atoms with van der Waals surface area (Å²) in [4.78, 5) is 9.47. The van der Waals surface area contributed by atoms with Crippen LogP contribution in [0.1, 0.15) is 18.4 Å². The van der Waals surface area contributed by atoms with E-state index in [0.717, 1.165) is 63.5 Å². The lowest BCUT2D eigenvalue weighted by Crippen LogP contribution is -2.46. The summed E-state index contributed by atoms with van der Waals surface area (Å²) < 4.78 is 5.15. The lowest BCUT2D eigenvalue weighted by Gasteiger charge is -2.36. The van der Waals surface area contributed by atoms with Crippen LogP contribution in [0.5, 0.6) is 5.75 Å². The molecule has 0 aliphatic carbocycles. The summed E-state index contributed by atoms with van der Waals surface area (Å²) >= 11 is 0. The Morgan fingerprint density at radius 3 is 2.47 bits per heavy atom. The number of nitrogens with two attached hydrogens (primary N) is 1. The van der Waals surface area contributed by atoms with Gasteiger partial charge in [-0.15, -0.1) is 24.0 Å². The average molecular weight is 523 g/mol. The Kier molecular flexibility index (Phi) is 10.2. The predicted octanol–water partition coefficient (Wildman–Crippen LogP) is 3.95. The number of benzene rings is 2. The SMILES string of the molecule is COc1ccc(NC(N)=NCCCCN2CCN(c3cccc(C)c3)CC2)cc1.I. The number of hydrogen-bond acceptors (Lipinski definition) is 4. The summed E-state index contributed by atoms with van der Waals surface area (Å²) in [5.74, 6) is 1.28. The van der Waals surface area contributed by atoms with Crippen molar-refractivity contribution in [3.63, 3.8) is 0 Å². The third kappa shape index (κ3) is 7.68. The zero-order valence-electron chi connectivity index (χ0n) is 18.0. The van der Waals surface area contributed by atoms with Crippen molar-refractivity contribution in [1.29, 1.82) is 0 Å². The van der Waals surface area contributed by atoms with Crippen LogP contribution in [0.4, 0.5) is 11.4 Å². The van der Waals surface area contributed by atoms with E-state index in [9.17, 15) is 0 Å². The second-order valence-corrected chi connectivity index (χ2v) is 7.50. The molecule has 164 valence electrons. The van der Waals surface area contributed by atoms with Gasteiger partial charge in [0.1, 0.15) is 5.75 Å². The third-order valence-electron chi connectivity index (χ3n) is 5.27. The van der Waals surface area contributed by atoms with Crippen LogP contribution in [0.3, 0.4) is 0 Å². The number of piperazine rings is 1. The van der Waals surface area contributed by atoms with Gasteiger partial charge >= 0.3 is 0 Å². The molecule has 2 aromatic carbocycles. The first-order chi connectivity index (χ1) is 14.1. The molecule has 0 amide bonds. The molecule has 3 rings (SSSR count). The fourth-order valence-electron chi connectivity index (χ4n) is 3.56. The summed E-state index contributed by atoms with van der Waals surface area (Å²) in [7, 11) is 1.66. The van der Waals surface area contributed by atoms with E-state index in [-0.39, 0.29) is 24.0 Å². The van der Waals surface area contributed by atoms with Gasteiger partial charge in [-0.05, 0) is 68.3 Å². The zero-order chi connectivity index (χ0) is 20.5. The minimum Gasteiger partial charge on any atom is -0.497 e. The molecule has 0 bridgehead atoms. The van der Waals surface area contributed by atoms with Gasteiger partial charge in [0.2, 0.25) is 0 Å². The standard InChI is InChI=1S/C23H33N5O.HI/c1-19-6-5-7-21(18-19)28-16-14-27(15-17-28)13-4-3-12-25-23(24)26-20-8-10-22(29-2)11-9-20;/h5-11,18H,3-4,12-17H2,1-2H3,(H3,24,25,26);1H. The molecule has 0 unspecified atom stereocenters. The first-order valence-corrected chi connectivity index (χ1v) is 10.4. The molecule has 1 aliphatic rings. The molecule has 0 saturated carbocycles. The van der Waals surface area contributed by atoms with Crippen molar-refractivity contribution in [1.82, 2.24) is 4.90 Å². The Balaban J connectivity index is 0.00000320. The van der Waals surface area contributed by atoms with Gasteiger partial charge in [0.05, 0.1) is 7.11 Å². The molecule has 1 aliphatic heterocycles. The molecule has 1 saturated heterocycles. The zero-order valence-corrected chi connectivity index (χ0v) is 20.3. The van der Waals surface area contributed by atoms with Crippen LogP contribution in [0, 0.1) is 6.92 Å². The van der Waals surface area contributed by atoms with Gasteiger partial charge in [0, 0.05) is 44.1 Å². The topological polar surface area (TPSA) is 66.1 Å². The molecule has 2 aromatic rings. The maximum absolute atomic E-state index is 5.97. The average Bonchev–Trinajstić information content (AvgIpc) is 2.74. The summed E-state index contributed by atoms with van der Waals surface area (Å²) in [6.45, 7) is 8.47. The van der Waals surface area contributed by atoms with Gasteiger partial charge in [-0.1, -0.05) is 12.1 Å². The number of aliphatic imine (C=N–C) groups is 1. The lowest BCUT2D eigenvalue weighted by molar-refractivity contribution is 0.253. The van der Waals surface area contributed by atoms with E-state index in [1.165, 1.54) is 11.3 Å². The molecule has 0 atom stereocenters. The van der Waals surface area contributed by atoms with Crippen molar-refractivity contribution in [2.45, 2.75) is 19.8 Å². The molecule has 30 heavy (non-hydrogen) atoms. The first kappa shape index (κ1) is 24.3. The van der Waals surface area contributed by atoms with Crippen molar-refractivity contribution >= 4 is 41.3 Å². The second kappa shape index (κ2) is 12.6. The number of nitrogens with one attached hydrogen (secondary N) is 1. The van der Waals surface area contributed by atoms with E-state index < -0.39 is 0 Å². The minimum atomic E-state index is 0. The van der Waals surface area contributed by atoms with Crippen molar-refractivity contribution in [3.05, 3.63) is 54.1 Å². The largest absolute Gasteiger partial charge is 0.497 e. The molecule has 0 aromatic heterocycles. The monoisotopic (exact) mass is 523 g/mol. The van der Waals surface area contributed by atoms with Crippen molar-refractivity contribution in [2.75, 3.05) is 56.6 Å². The molecular weight excluding hydrogens is 489 g/mol. The van der Waals surface area contributed by atoms with Crippen LogP contribution in [-0.2, 0) is 0 Å². The Labute approximate surface area is 197 Å². The van der Waals surface area contributed by atoms with Crippen LogP contribution in [0.25, 0.3) is 0 Å². The quantitative estimate of drug-likeness (QED) is 0.238. The Bertz CT molecular complexity index is 788. The van der Waals surface area contributed by atoms with E-state index in [2.05, 4.69) is 51.3 Å². The Morgan fingerprint density at radius 2 is 1.80 bits per heavy atom. The second-order valence-electron chi connectivity index (χ2n) is 7.50. The normalized spacial score (nSPS) is 14.9. The minimum absolute atomic E-state index is 0. The van der Waals surface area contributed by atoms with E-state index in [1.807, 2.05) is 24.3 Å². The van der Waals surface area contributed by atoms with Crippen LogP contribution < -0.4 is 20.7 Å². The fraction of sp³-hybridized carbons (Fsp3) is 0.435. The van der Waals surface area contributed by atoms with Gasteiger partial charge in [0.15, 0.2) is 5.96 Å². The highest BCUT2D eigenvalue weighted by molar-refractivity contribution is 14.0. The highest BCUT2D eigenvalue weighted by Crippen LogP contribution is 2.18. The van der Waals surface area contributed by atoms with E-state index >= 15 is 0 Å². The highest BCUT2D eigenvalue weighted by Gasteiger charge is 2.16. The van der Waals surface area contributed by atoms with E-state index in [4.69, 9.17) is 10.5 Å². The first-order valence-electron chi connectivity index (χ1n) is 10.4. The summed E-state index contributed by atoms with van der Waals surface area (Å²) in [5.41, 5.74) is 9.56. The van der Waals surface area contributed by atoms with Crippen molar-refractivity contribution < 1.29 is 4.74 Å². The van der Waals surface area contributed by atoms with Crippen LogP contribution >= 0.6 is 24.0 Å². The number of anilines is 2. The van der Waals surface area contributed by atoms with Crippen LogP contribution in [0.2, 0.25) is 0 Å². The maximum atomic E-state index is 5.97. The number of guanidine groups is 1. The van der Waals surface area contributed by atoms with E-state index in [1.54, 1.807) is 7.11 Å². The molecule has 7 heteroatoms.